The van der Waals surface area contributed by atoms with Gasteiger partial charge in [0.05, 0.1) is 18.2 Å². The quantitative estimate of drug-likeness (QED) is 0.922. The van der Waals surface area contributed by atoms with Gasteiger partial charge < -0.3 is 10.1 Å². The number of amides is 1. The third-order valence-corrected chi connectivity index (χ3v) is 4.64. The highest BCUT2D eigenvalue weighted by Crippen LogP contribution is 2.28. The van der Waals surface area contributed by atoms with E-state index in [1.165, 1.54) is 0 Å². The number of nitrogens with zero attached hydrogens (tertiary/aromatic N) is 1. The second kappa shape index (κ2) is 7.81. The van der Waals surface area contributed by atoms with Gasteiger partial charge in [0.15, 0.2) is 0 Å². The number of benzene rings is 2. The van der Waals surface area contributed by atoms with Gasteiger partial charge in [0.2, 0.25) is 5.91 Å². The molecular weight excluding hydrogens is 312 g/mol. The molecule has 0 radical (unpaired) electrons. The molecule has 0 spiro atoms. The molecule has 1 fully saturated rings. The van der Waals surface area contributed by atoms with Crippen molar-refractivity contribution in [3.05, 3.63) is 54.6 Å². The van der Waals surface area contributed by atoms with Crippen molar-refractivity contribution in [2.24, 2.45) is 0 Å². The molecule has 4 heteroatoms. The zero-order valence-electron chi connectivity index (χ0n) is 15.1. The highest BCUT2D eigenvalue weighted by molar-refractivity contribution is 5.98. The predicted octanol–water partition coefficient (Wildman–Crippen LogP) is 3.79. The van der Waals surface area contributed by atoms with Gasteiger partial charge in [-0.05, 0) is 32.4 Å². The maximum atomic E-state index is 12.8. The van der Waals surface area contributed by atoms with Crippen molar-refractivity contribution in [3.8, 4) is 11.1 Å². The Morgan fingerprint density at radius 1 is 1.04 bits per heavy atom. The van der Waals surface area contributed by atoms with E-state index >= 15 is 0 Å². The van der Waals surface area contributed by atoms with E-state index in [1.807, 2.05) is 49.4 Å². The van der Waals surface area contributed by atoms with Crippen LogP contribution in [0.5, 0.6) is 0 Å². The summed E-state index contributed by atoms with van der Waals surface area (Å²) in [5, 5.41) is 3.11. The molecule has 1 aliphatic heterocycles. The van der Waals surface area contributed by atoms with Gasteiger partial charge in [0.1, 0.15) is 0 Å². The molecule has 25 heavy (non-hydrogen) atoms. The molecular formula is C21H26N2O2. The molecule has 1 N–H and O–H groups in total. The first-order chi connectivity index (χ1) is 12.0. The number of carbonyl (C=O) groups excluding carboxylic acids is 1. The molecule has 4 nitrogen and oxygen atoms in total. The van der Waals surface area contributed by atoms with Crippen LogP contribution >= 0.6 is 0 Å². The van der Waals surface area contributed by atoms with E-state index in [2.05, 4.69) is 36.2 Å². The minimum Gasteiger partial charge on any atom is -0.373 e. The number of nitrogens with one attached hydrogen (secondary N) is 1. The van der Waals surface area contributed by atoms with Crippen LogP contribution in [0.3, 0.4) is 0 Å². The molecule has 3 atom stereocenters. The number of anilines is 1. The lowest BCUT2D eigenvalue weighted by molar-refractivity contribution is -0.126. The second-order valence-electron chi connectivity index (χ2n) is 6.79. The molecule has 1 amide bonds. The average molecular weight is 338 g/mol. The Bertz CT molecular complexity index is 707. The van der Waals surface area contributed by atoms with Gasteiger partial charge in [-0.25, -0.2) is 0 Å². The summed E-state index contributed by atoms with van der Waals surface area (Å²) in [6, 6.07) is 17.9. The number of hydrogen-bond donors (Lipinski definition) is 1. The van der Waals surface area contributed by atoms with Crippen LogP contribution in [0.15, 0.2) is 54.6 Å². The maximum Gasteiger partial charge on any atom is 0.241 e. The zero-order chi connectivity index (χ0) is 17.8. The number of para-hydroxylation sites is 1. The molecule has 0 aromatic heterocycles. The summed E-state index contributed by atoms with van der Waals surface area (Å²) >= 11 is 0. The number of ether oxygens (including phenoxy) is 1. The van der Waals surface area contributed by atoms with Crippen LogP contribution in [0, 0.1) is 0 Å². The summed E-state index contributed by atoms with van der Waals surface area (Å²) in [7, 11) is 0. The zero-order valence-corrected chi connectivity index (χ0v) is 15.1. The van der Waals surface area contributed by atoms with E-state index in [-0.39, 0.29) is 24.2 Å². The van der Waals surface area contributed by atoms with Crippen molar-refractivity contribution in [2.45, 2.75) is 39.0 Å². The van der Waals surface area contributed by atoms with Gasteiger partial charge >= 0.3 is 0 Å². The van der Waals surface area contributed by atoms with Crippen molar-refractivity contribution in [3.63, 3.8) is 0 Å². The summed E-state index contributed by atoms with van der Waals surface area (Å²) in [6.45, 7) is 7.62. The smallest absolute Gasteiger partial charge is 0.241 e. The minimum absolute atomic E-state index is 0.0182. The first-order valence-electron chi connectivity index (χ1n) is 8.89. The fraction of sp³-hybridized carbons (Fsp3) is 0.381. The fourth-order valence-electron chi connectivity index (χ4n) is 3.40. The normalized spacial score (nSPS) is 22.4. The van der Waals surface area contributed by atoms with Crippen LogP contribution in [0.25, 0.3) is 11.1 Å². The van der Waals surface area contributed by atoms with Crippen molar-refractivity contribution in [1.82, 2.24) is 4.90 Å². The Hall–Kier alpha value is -2.17. The molecule has 0 unspecified atom stereocenters. The second-order valence-corrected chi connectivity index (χ2v) is 6.79. The SMILES string of the molecule is C[C@H]1CN([C@@H](C)C(=O)Nc2ccccc2-c2ccccc2)C[C@H](C)O1. The van der Waals surface area contributed by atoms with Gasteiger partial charge in [-0.3, -0.25) is 9.69 Å². The Morgan fingerprint density at radius 2 is 1.64 bits per heavy atom. The van der Waals surface area contributed by atoms with E-state index in [1.54, 1.807) is 0 Å². The van der Waals surface area contributed by atoms with Crippen LogP contribution in [-0.2, 0) is 9.53 Å². The Kier molecular flexibility index (Phi) is 5.51. The lowest BCUT2D eigenvalue weighted by Crippen LogP contribution is -2.52. The summed E-state index contributed by atoms with van der Waals surface area (Å²) in [5.41, 5.74) is 2.98. The number of hydrogen-bond acceptors (Lipinski definition) is 3. The highest BCUT2D eigenvalue weighted by atomic mass is 16.5. The van der Waals surface area contributed by atoms with E-state index < -0.39 is 0 Å². The van der Waals surface area contributed by atoms with E-state index in [0.29, 0.717) is 0 Å². The average Bonchev–Trinajstić information content (AvgIpc) is 2.61. The van der Waals surface area contributed by atoms with Gasteiger partial charge in [0, 0.05) is 24.3 Å². The lowest BCUT2D eigenvalue weighted by Gasteiger charge is -2.38. The number of morpholine rings is 1. The topological polar surface area (TPSA) is 41.6 Å². The third-order valence-electron chi connectivity index (χ3n) is 4.64. The van der Waals surface area contributed by atoms with Crippen LogP contribution in [0.4, 0.5) is 5.69 Å². The van der Waals surface area contributed by atoms with E-state index in [0.717, 1.165) is 29.9 Å². The summed E-state index contributed by atoms with van der Waals surface area (Å²) in [4.78, 5) is 15.0. The number of rotatable bonds is 4. The Balaban J connectivity index is 1.75. The van der Waals surface area contributed by atoms with Gasteiger partial charge in [-0.15, -0.1) is 0 Å². The van der Waals surface area contributed by atoms with Gasteiger partial charge in [-0.2, -0.15) is 0 Å². The predicted molar refractivity (Wildman–Crippen MR) is 102 cm³/mol. The number of carbonyl (C=O) groups is 1. The summed E-state index contributed by atoms with van der Waals surface area (Å²) in [6.07, 6.45) is 0.297. The van der Waals surface area contributed by atoms with Crippen LogP contribution < -0.4 is 5.32 Å². The monoisotopic (exact) mass is 338 g/mol. The first kappa shape index (κ1) is 17.6. The molecule has 1 saturated heterocycles. The van der Waals surface area contributed by atoms with Crippen molar-refractivity contribution >= 4 is 11.6 Å². The molecule has 1 aliphatic rings. The fourth-order valence-corrected chi connectivity index (χ4v) is 3.40. The van der Waals surface area contributed by atoms with Crippen LogP contribution in [0.2, 0.25) is 0 Å². The van der Waals surface area contributed by atoms with Gasteiger partial charge in [-0.1, -0.05) is 48.5 Å². The van der Waals surface area contributed by atoms with E-state index in [9.17, 15) is 4.79 Å². The van der Waals surface area contributed by atoms with Crippen molar-refractivity contribution in [2.75, 3.05) is 18.4 Å². The van der Waals surface area contributed by atoms with Crippen LogP contribution in [0.1, 0.15) is 20.8 Å². The summed E-state index contributed by atoms with van der Waals surface area (Å²) in [5.74, 6) is 0.0182. The molecule has 0 aliphatic carbocycles. The van der Waals surface area contributed by atoms with Gasteiger partial charge in [0.25, 0.3) is 0 Å². The molecule has 132 valence electrons. The molecule has 1 heterocycles. The standard InChI is InChI=1S/C21H26N2O2/c1-15-13-23(14-16(2)25-15)17(3)21(24)22-20-12-8-7-11-19(20)18-9-5-4-6-10-18/h4-12,15-17H,13-14H2,1-3H3,(H,22,24)/t15-,16-,17-/m0/s1. The molecule has 0 saturated carbocycles. The maximum absolute atomic E-state index is 12.8. The molecule has 2 aromatic carbocycles. The largest absolute Gasteiger partial charge is 0.373 e. The minimum atomic E-state index is -0.197. The first-order valence-corrected chi connectivity index (χ1v) is 8.89. The Morgan fingerprint density at radius 3 is 2.32 bits per heavy atom. The molecule has 3 rings (SSSR count). The van der Waals surface area contributed by atoms with E-state index in [4.69, 9.17) is 4.74 Å². The third kappa shape index (κ3) is 4.27. The van der Waals surface area contributed by atoms with Crippen LogP contribution in [-0.4, -0.2) is 42.1 Å². The molecule has 0 bridgehead atoms. The lowest BCUT2D eigenvalue weighted by atomic mass is 10.0. The van der Waals surface area contributed by atoms with Crippen molar-refractivity contribution < 1.29 is 9.53 Å². The molecule has 2 aromatic rings. The highest BCUT2D eigenvalue weighted by Gasteiger charge is 2.29. The summed E-state index contributed by atoms with van der Waals surface area (Å²) < 4.78 is 5.77. The Labute approximate surface area is 149 Å². The van der Waals surface area contributed by atoms with Crippen molar-refractivity contribution in [1.29, 1.82) is 0 Å².